The summed E-state index contributed by atoms with van der Waals surface area (Å²) in [6, 6.07) is 4.53. The van der Waals surface area contributed by atoms with E-state index in [0.717, 1.165) is 5.69 Å². The number of benzene rings is 1. The van der Waals surface area contributed by atoms with Crippen molar-refractivity contribution in [2.75, 3.05) is 5.09 Å². The van der Waals surface area contributed by atoms with E-state index in [-0.39, 0.29) is 24.9 Å². The van der Waals surface area contributed by atoms with Gasteiger partial charge in [0.15, 0.2) is 0 Å². The van der Waals surface area contributed by atoms with Crippen LogP contribution in [0.25, 0.3) is 0 Å². The number of rotatable bonds is 2. The number of anilines is 1. The maximum atomic E-state index is 11.2. The second kappa shape index (κ2) is 5.72. The standard InChI is InChI=1S/C18H30NOP/c1-16(2,3)12-10-13(17(4,5)6)15(19-21-20)14(11-12)18(7,8)9/h10-11H,1-9H3,(H,19,20). The Morgan fingerprint density at radius 1 is 0.762 bits per heavy atom. The van der Waals surface area contributed by atoms with Crippen LogP contribution in [0.2, 0.25) is 0 Å². The van der Waals surface area contributed by atoms with Crippen LogP contribution >= 0.6 is 8.61 Å². The van der Waals surface area contributed by atoms with Gasteiger partial charge in [-0.3, -0.25) is 0 Å². The summed E-state index contributed by atoms with van der Waals surface area (Å²) in [5.74, 6) is 0. The summed E-state index contributed by atoms with van der Waals surface area (Å²) in [5, 5.41) is 3.05. The quantitative estimate of drug-likeness (QED) is 0.659. The first kappa shape index (κ1) is 18.2. The Hall–Kier alpha value is -0.880. The van der Waals surface area contributed by atoms with E-state index >= 15 is 0 Å². The van der Waals surface area contributed by atoms with Crippen molar-refractivity contribution in [3.05, 3.63) is 28.8 Å². The van der Waals surface area contributed by atoms with Gasteiger partial charge < -0.3 is 5.09 Å². The Morgan fingerprint density at radius 3 is 1.38 bits per heavy atom. The molecule has 0 heterocycles. The van der Waals surface area contributed by atoms with Crippen LogP contribution in [0.4, 0.5) is 5.69 Å². The molecule has 0 saturated carbocycles. The van der Waals surface area contributed by atoms with Crippen molar-refractivity contribution in [2.45, 2.75) is 78.6 Å². The predicted molar refractivity (Wildman–Crippen MR) is 93.8 cm³/mol. The van der Waals surface area contributed by atoms with Gasteiger partial charge in [-0.25, -0.2) is 4.57 Å². The van der Waals surface area contributed by atoms with Crippen molar-refractivity contribution in [3.8, 4) is 0 Å². The smallest absolute Gasteiger partial charge is 0.279 e. The highest BCUT2D eigenvalue weighted by molar-refractivity contribution is 7.25. The van der Waals surface area contributed by atoms with Gasteiger partial charge in [-0.15, -0.1) is 0 Å². The molecule has 0 aliphatic heterocycles. The number of hydrogen-bond acceptors (Lipinski definition) is 1. The minimum absolute atomic E-state index is 0.00567. The van der Waals surface area contributed by atoms with Crippen LogP contribution in [0.15, 0.2) is 12.1 Å². The first-order valence-electron chi connectivity index (χ1n) is 7.56. The topological polar surface area (TPSA) is 29.1 Å². The minimum Gasteiger partial charge on any atom is -0.304 e. The van der Waals surface area contributed by atoms with Crippen LogP contribution in [-0.4, -0.2) is 0 Å². The Bertz CT molecular complexity index is 493. The predicted octanol–water partition coefficient (Wildman–Crippen LogP) is 6.20. The zero-order valence-electron chi connectivity index (χ0n) is 15.0. The summed E-state index contributed by atoms with van der Waals surface area (Å²) in [6.07, 6.45) is 0. The van der Waals surface area contributed by atoms with E-state index in [1.807, 2.05) is 0 Å². The van der Waals surface area contributed by atoms with Crippen LogP contribution in [0.5, 0.6) is 0 Å². The average Bonchev–Trinajstić information content (AvgIpc) is 2.24. The second-order valence-electron chi connectivity index (χ2n) is 8.90. The molecule has 0 aromatic heterocycles. The summed E-state index contributed by atoms with van der Waals surface area (Å²) >= 11 is 0. The molecule has 0 aliphatic carbocycles. The molecule has 0 fully saturated rings. The fourth-order valence-corrected chi connectivity index (χ4v) is 2.76. The molecule has 1 N–H and O–H groups in total. The maximum absolute atomic E-state index is 11.2. The molecule has 0 unspecified atom stereocenters. The van der Waals surface area contributed by atoms with Gasteiger partial charge in [-0.05, 0) is 32.9 Å². The normalized spacial score (nSPS) is 13.6. The summed E-state index contributed by atoms with van der Waals surface area (Å²) in [4.78, 5) is 0. The number of nitrogens with one attached hydrogen (secondary N) is 1. The molecule has 1 rings (SSSR count). The molecule has 0 saturated heterocycles. The Labute approximate surface area is 132 Å². The van der Waals surface area contributed by atoms with Gasteiger partial charge in [0.25, 0.3) is 8.61 Å². The van der Waals surface area contributed by atoms with Crippen molar-refractivity contribution in [1.29, 1.82) is 0 Å². The lowest BCUT2D eigenvalue weighted by atomic mass is 9.74. The van der Waals surface area contributed by atoms with Gasteiger partial charge in [0.2, 0.25) is 0 Å². The molecule has 0 spiro atoms. The van der Waals surface area contributed by atoms with E-state index in [1.54, 1.807) is 0 Å². The molecule has 1 aromatic rings. The van der Waals surface area contributed by atoms with Crippen molar-refractivity contribution in [2.24, 2.45) is 0 Å². The fraction of sp³-hybridized carbons (Fsp3) is 0.667. The van der Waals surface area contributed by atoms with Gasteiger partial charge in [-0.1, -0.05) is 74.4 Å². The van der Waals surface area contributed by atoms with Crippen molar-refractivity contribution < 1.29 is 4.57 Å². The van der Waals surface area contributed by atoms with Crippen molar-refractivity contribution >= 4 is 14.3 Å². The molecule has 0 radical (unpaired) electrons. The lowest BCUT2D eigenvalue weighted by Crippen LogP contribution is -2.22. The second-order valence-corrected chi connectivity index (χ2v) is 9.31. The highest BCUT2D eigenvalue weighted by Crippen LogP contribution is 2.42. The molecule has 1 aromatic carbocycles. The van der Waals surface area contributed by atoms with E-state index in [4.69, 9.17) is 0 Å². The molecule has 0 atom stereocenters. The van der Waals surface area contributed by atoms with E-state index in [2.05, 4.69) is 79.5 Å². The molecule has 0 aliphatic rings. The fourth-order valence-electron chi connectivity index (χ4n) is 2.42. The molecule has 0 bridgehead atoms. The van der Waals surface area contributed by atoms with Crippen molar-refractivity contribution in [1.82, 2.24) is 0 Å². The third-order valence-corrected chi connectivity index (χ3v) is 4.09. The largest absolute Gasteiger partial charge is 0.304 e. The van der Waals surface area contributed by atoms with Crippen LogP contribution in [0.1, 0.15) is 79.0 Å². The lowest BCUT2D eigenvalue weighted by molar-refractivity contribution is 0.551. The van der Waals surface area contributed by atoms with E-state index in [0.29, 0.717) is 0 Å². The Kier molecular flexibility index (Phi) is 4.95. The Balaban J connectivity index is 3.79. The molecular formula is C18H30NOP. The van der Waals surface area contributed by atoms with Crippen LogP contribution < -0.4 is 5.09 Å². The van der Waals surface area contributed by atoms with Crippen LogP contribution in [0.3, 0.4) is 0 Å². The lowest BCUT2D eigenvalue weighted by Gasteiger charge is -2.32. The van der Waals surface area contributed by atoms with Gasteiger partial charge in [0, 0.05) is 0 Å². The minimum atomic E-state index is -0.0509. The van der Waals surface area contributed by atoms with E-state index in [1.165, 1.54) is 16.7 Å². The highest BCUT2D eigenvalue weighted by Gasteiger charge is 2.29. The van der Waals surface area contributed by atoms with E-state index in [9.17, 15) is 4.57 Å². The monoisotopic (exact) mass is 307 g/mol. The third-order valence-electron chi connectivity index (χ3n) is 3.78. The average molecular weight is 307 g/mol. The zero-order chi connectivity index (χ0) is 16.6. The molecule has 0 amide bonds. The van der Waals surface area contributed by atoms with Gasteiger partial charge in [0.05, 0.1) is 5.69 Å². The summed E-state index contributed by atoms with van der Waals surface area (Å²) in [5.41, 5.74) is 4.87. The molecule has 2 nitrogen and oxygen atoms in total. The van der Waals surface area contributed by atoms with Gasteiger partial charge in [0.1, 0.15) is 0 Å². The summed E-state index contributed by atoms with van der Waals surface area (Å²) in [7, 11) is -0.0509. The van der Waals surface area contributed by atoms with Crippen molar-refractivity contribution in [3.63, 3.8) is 0 Å². The highest BCUT2D eigenvalue weighted by atomic mass is 31.1. The van der Waals surface area contributed by atoms with Gasteiger partial charge >= 0.3 is 0 Å². The third kappa shape index (κ3) is 4.30. The summed E-state index contributed by atoms with van der Waals surface area (Å²) in [6.45, 7) is 19.9. The number of hydrogen-bond donors (Lipinski definition) is 1. The first-order valence-corrected chi connectivity index (χ1v) is 8.37. The molecule has 118 valence electrons. The molecule has 21 heavy (non-hydrogen) atoms. The first-order chi connectivity index (χ1) is 9.28. The van der Waals surface area contributed by atoms with E-state index < -0.39 is 0 Å². The summed E-state index contributed by atoms with van der Waals surface area (Å²) < 4.78 is 11.2. The van der Waals surface area contributed by atoms with Crippen LogP contribution in [0, 0.1) is 0 Å². The Morgan fingerprint density at radius 2 is 1.14 bits per heavy atom. The maximum Gasteiger partial charge on any atom is 0.279 e. The molecular weight excluding hydrogens is 277 g/mol. The zero-order valence-corrected chi connectivity index (χ0v) is 15.9. The van der Waals surface area contributed by atoms with Crippen LogP contribution in [-0.2, 0) is 20.8 Å². The van der Waals surface area contributed by atoms with Gasteiger partial charge in [-0.2, -0.15) is 0 Å². The SMILES string of the molecule is CC(C)(C)c1cc(C(C)(C)C)c(NP=O)c(C(C)(C)C)c1. The molecule has 3 heteroatoms.